The molecule has 0 aliphatic rings. The molecular weight excluding hydrogens is 254 g/mol. The maximum Gasteiger partial charge on any atom is 0.338 e. The van der Waals surface area contributed by atoms with Crippen molar-refractivity contribution in [2.75, 3.05) is 13.7 Å². The zero-order chi connectivity index (χ0) is 13.8. The van der Waals surface area contributed by atoms with Gasteiger partial charge in [0, 0.05) is 17.6 Å². The van der Waals surface area contributed by atoms with Crippen LogP contribution in [0.1, 0.15) is 25.5 Å². The molecule has 1 rings (SSSR count). The molecule has 1 aromatic rings. The molecule has 0 radical (unpaired) electrons. The average Bonchev–Trinajstić information content (AvgIpc) is 2.35. The number of aliphatic hydroxyl groups is 1. The first-order chi connectivity index (χ1) is 8.36. The van der Waals surface area contributed by atoms with E-state index < -0.39 is 11.6 Å². The molecule has 0 aliphatic carbocycles. The topological polar surface area (TPSA) is 58.6 Å². The SMILES string of the molecule is COC(=O)C(C)(O)CNC(C)c1cccc(Cl)c1. The molecule has 4 nitrogen and oxygen atoms in total. The van der Waals surface area contributed by atoms with E-state index in [0.29, 0.717) is 5.02 Å². The van der Waals surface area contributed by atoms with Crippen LogP contribution in [0.25, 0.3) is 0 Å². The van der Waals surface area contributed by atoms with E-state index in [9.17, 15) is 9.90 Å². The highest BCUT2D eigenvalue weighted by atomic mass is 35.5. The van der Waals surface area contributed by atoms with Gasteiger partial charge < -0.3 is 15.2 Å². The second kappa shape index (κ2) is 6.18. The molecular formula is C13H18ClNO3. The van der Waals surface area contributed by atoms with E-state index in [-0.39, 0.29) is 12.6 Å². The van der Waals surface area contributed by atoms with Gasteiger partial charge in [-0.25, -0.2) is 4.79 Å². The van der Waals surface area contributed by atoms with Gasteiger partial charge in [0.15, 0.2) is 5.60 Å². The fourth-order valence-corrected chi connectivity index (χ4v) is 1.74. The highest BCUT2D eigenvalue weighted by molar-refractivity contribution is 6.30. The van der Waals surface area contributed by atoms with Crippen LogP contribution in [0.15, 0.2) is 24.3 Å². The first-order valence-electron chi connectivity index (χ1n) is 5.66. The number of ether oxygens (including phenoxy) is 1. The van der Waals surface area contributed by atoms with Crippen molar-refractivity contribution in [3.63, 3.8) is 0 Å². The van der Waals surface area contributed by atoms with Crippen LogP contribution in [-0.2, 0) is 9.53 Å². The number of esters is 1. The Hall–Kier alpha value is -1.10. The third-order valence-corrected chi connectivity index (χ3v) is 2.96. The van der Waals surface area contributed by atoms with Crippen LogP contribution < -0.4 is 5.32 Å². The van der Waals surface area contributed by atoms with E-state index in [2.05, 4.69) is 10.1 Å². The summed E-state index contributed by atoms with van der Waals surface area (Å²) in [7, 11) is 1.25. The van der Waals surface area contributed by atoms with E-state index in [4.69, 9.17) is 11.6 Å². The summed E-state index contributed by atoms with van der Waals surface area (Å²) >= 11 is 5.90. The molecule has 0 aromatic heterocycles. The largest absolute Gasteiger partial charge is 0.467 e. The number of carbonyl (C=O) groups excluding carboxylic acids is 1. The summed E-state index contributed by atoms with van der Waals surface area (Å²) < 4.78 is 4.52. The van der Waals surface area contributed by atoms with Crippen LogP contribution in [0.2, 0.25) is 5.02 Å². The molecule has 2 N–H and O–H groups in total. The van der Waals surface area contributed by atoms with Gasteiger partial charge in [0.2, 0.25) is 0 Å². The van der Waals surface area contributed by atoms with Crippen LogP contribution in [0, 0.1) is 0 Å². The lowest BCUT2D eigenvalue weighted by molar-refractivity contribution is -0.160. The number of carbonyl (C=O) groups is 1. The van der Waals surface area contributed by atoms with Crippen molar-refractivity contribution in [3.8, 4) is 0 Å². The van der Waals surface area contributed by atoms with Gasteiger partial charge in [-0.15, -0.1) is 0 Å². The maximum absolute atomic E-state index is 11.3. The summed E-state index contributed by atoms with van der Waals surface area (Å²) in [6, 6.07) is 7.39. The molecule has 2 atom stereocenters. The van der Waals surface area contributed by atoms with Gasteiger partial charge in [0.05, 0.1) is 7.11 Å². The molecule has 2 unspecified atom stereocenters. The monoisotopic (exact) mass is 271 g/mol. The Labute approximate surface area is 112 Å². The summed E-state index contributed by atoms with van der Waals surface area (Å²) in [5, 5.41) is 13.6. The van der Waals surface area contributed by atoms with Crippen molar-refractivity contribution >= 4 is 17.6 Å². The predicted molar refractivity (Wildman–Crippen MR) is 70.5 cm³/mol. The summed E-state index contributed by atoms with van der Waals surface area (Å²) in [5.41, 5.74) is -0.551. The van der Waals surface area contributed by atoms with Crippen molar-refractivity contribution < 1.29 is 14.6 Å². The zero-order valence-corrected chi connectivity index (χ0v) is 11.5. The van der Waals surface area contributed by atoms with Crippen LogP contribution in [0.5, 0.6) is 0 Å². The zero-order valence-electron chi connectivity index (χ0n) is 10.7. The summed E-state index contributed by atoms with van der Waals surface area (Å²) in [4.78, 5) is 11.3. The quantitative estimate of drug-likeness (QED) is 0.804. The average molecular weight is 272 g/mol. The molecule has 5 heteroatoms. The first kappa shape index (κ1) is 15.0. The molecule has 0 bridgehead atoms. The van der Waals surface area contributed by atoms with Gasteiger partial charge in [-0.1, -0.05) is 23.7 Å². The Morgan fingerprint density at radius 1 is 1.61 bits per heavy atom. The summed E-state index contributed by atoms with van der Waals surface area (Å²) in [6.07, 6.45) is 0. The Morgan fingerprint density at radius 3 is 2.83 bits per heavy atom. The third kappa shape index (κ3) is 3.98. The first-order valence-corrected chi connectivity index (χ1v) is 6.04. The van der Waals surface area contributed by atoms with Gasteiger partial charge in [0.25, 0.3) is 0 Å². The number of hydrogen-bond acceptors (Lipinski definition) is 4. The molecule has 0 fully saturated rings. The Bertz CT molecular complexity index is 420. The van der Waals surface area contributed by atoms with Gasteiger partial charge in [-0.05, 0) is 31.5 Å². The molecule has 0 heterocycles. The minimum absolute atomic E-state index is 0.0279. The van der Waals surface area contributed by atoms with Crippen molar-refractivity contribution in [1.82, 2.24) is 5.32 Å². The number of hydrogen-bond donors (Lipinski definition) is 2. The van der Waals surface area contributed by atoms with Crippen LogP contribution >= 0.6 is 11.6 Å². The van der Waals surface area contributed by atoms with Crippen molar-refractivity contribution in [3.05, 3.63) is 34.9 Å². The van der Waals surface area contributed by atoms with Crippen LogP contribution in [0.3, 0.4) is 0 Å². The Balaban J connectivity index is 2.61. The second-order valence-electron chi connectivity index (χ2n) is 4.42. The highest BCUT2D eigenvalue weighted by Crippen LogP contribution is 2.18. The normalized spacial score (nSPS) is 15.8. The summed E-state index contributed by atoms with van der Waals surface area (Å²) in [6.45, 7) is 3.45. The lowest BCUT2D eigenvalue weighted by atomic mass is 10.0. The van der Waals surface area contributed by atoms with Crippen LogP contribution in [0.4, 0.5) is 0 Å². The van der Waals surface area contributed by atoms with Crippen molar-refractivity contribution in [2.24, 2.45) is 0 Å². The smallest absolute Gasteiger partial charge is 0.338 e. The van der Waals surface area contributed by atoms with Gasteiger partial charge in [-0.3, -0.25) is 0 Å². The van der Waals surface area contributed by atoms with Crippen LogP contribution in [-0.4, -0.2) is 30.3 Å². The highest BCUT2D eigenvalue weighted by Gasteiger charge is 2.31. The van der Waals surface area contributed by atoms with Gasteiger partial charge >= 0.3 is 5.97 Å². The lowest BCUT2D eigenvalue weighted by Gasteiger charge is -2.23. The molecule has 0 saturated carbocycles. The van der Waals surface area contributed by atoms with Gasteiger partial charge in [0.1, 0.15) is 0 Å². The number of halogens is 1. The minimum Gasteiger partial charge on any atom is -0.467 e. The van der Waals surface area contributed by atoms with E-state index in [1.807, 2.05) is 25.1 Å². The molecule has 0 spiro atoms. The molecule has 0 aliphatic heterocycles. The van der Waals surface area contributed by atoms with E-state index in [0.717, 1.165) is 5.56 Å². The van der Waals surface area contributed by atoms with Gasteiger partial charge in [-0.2, -0.15) is 0 Å². The molecule has 1 aromatic carbocycles. The Kier molecular flexibility index (Phi) is 5.14. The van der Waals surface area contributed by atoms with E-state index in [1.165, 1.54) is 14.0 Å². The number of nitrogens with one attached hydrogen (secondary N) is 1. The summed E-state index contributed by atoms with van der Waals surface area (Å²) in [5.74, 6) is -0.659. The fourth-order valence-electron chi connectivity index (χ4n) is 1.54. The molecule has 100 valence electrons. The number of rotatable bonds is 5. The maximum atomic E-state index is 11.3. The van der Waals surface area contributed by atoms with Crippen molar-refractivity contribution in [1.29, 1.82) is 0 Å². The van der Waals surface area contributed by atoms with E-state index in [1.54, 1.807) is 6.07 Å². The standard InChI is InChI=1S/C13H18ClNO3/c1-9(10-5-4-6-11(14)7-10)15-8-13(2,17)12(16)18-3/h4-7,9,15,17H,8H2,1-3H3. The van der Waals surface area contributed by atoms with E-state index >= 15 is 0 Å². The molecule has 18 heavy (non-hydrogen) atoms. The lowest BCUT2D eigenvalue weighted by Crippen LogP contribution is -2.46. The Morgan fingerprint density at radius 2 is 2.28 bits per heavy atom. The minimum atomic E-state index is -1.54. The number of benzene rings is 1. The molecule has 0 amide bonds. The second-order valence-corrected chi connectivity index (χ2v) is 4.86. The predicted octanol–water partition coefficient (Wildman–Crippen LogP) is 1.91. The fraction of sp³-hybridized carbons (Fsp3) is 0.462. The number of methoxy groups -OCH3 is 1. The third-order valence-electron chi connectivity index (χ3n) is 2.73. The molecule has 0 saturated heterocycles. The van der Waals surface area contributed by atoms with Crippen molar-refractivity contribution in [2.45, 2.75) is 25.5 Å².